The van der Waals surface area contributed by atoms with Crippen molar-refractivity contribution in [2.24, 2.45) is 0 Å². The number of nitrogens with one attached hydrogen (secondary N) is 1. The minimum absolute atomic E-state index is 0.00141. The second-order valence-electron chi connectivity index (χ2n) is 5.07. The first kappa shape index (κ1) is 9.40. The molecule has 1 fully saturated rings. The van der Waals surface area contributed by atoms with Gasteiger partial charge in [-0.25, -0.2) is 0 Å². The van der Waals surface area contributed by atoms with E-state index in [2.05, 4.69) is 10.2 Å². The zero-order chi connectivity index (χ0) is 10.5. The third-order valence-electron chi connectivity index (χ3n) is 4.12. The van der Waals surface area contributed by atoms with Gasteiger partial charge in [0.25, 0.3) is 0 Å². The molecular weight excluding hydrogens is 188 g/mol. The first-order valence-electron chi connectivity index (χ1n) is 5.99. The molecule has 2 aliphatic carbocycles. The van der Waals surface area contributed by atoms with Crippen molar-refractivity contribution in [3.05, 3.63) is 17.0 Å². The Morgan fingerprint density at radius 3 is 2.73 bits per heavy atom. The lowest BCUT2D eigenvalue weighted by atomic mass is 9.87. The number of hydrogen-bond donors (Lipinski definition) is 2. The number of H-pyrrole nitrogens is 1. The van der Waals surface area contributed by atoms with Crippen LogP contribution >= 0.6 is 0 Å². The average Bonchev–Trinajstić information content (AvgIpc) is 2.93. The van der Waals surface area contributed by atoms with Crippen LogP contribution in [0.3, 0.4) is 0 Å². The fourth-order valence-corrected chi connectivity index (χ4v) is 2.88. The Morgan fingerprint density at radius 1 is 1.33 bits per heavy atom. The van der Waals surface area contributed by atoms with Gasteiger partial charge in [-0.2, -0.15) is 5.10 Å². The number of aromatic amines is 1. The van der Waals surface area contributed by atoms with E-state index in [1.54, 1.807) is 0 Å². The monoisotopic (exact) mass is 206 g/mol. The van der Waals surface area contributed by atoms with Crippen LogP contribution < -0.4 is 0 Å². The maximum atomic E-state index is 9.86. The Bertz CT molecular complexity index is 377. The standard InChI is InChI=1S/C12H18N2O/c1-8(15)12(6-7-12)11-9-4-2-3-5-10(9)13-14-11/h8,15H,2-7H2,1H3,(H,13,14). The zero-order valence-electron chi connectivity index (χ0n) is 9.21. The van der Waals surface area contributed by atoms with Crippen molar-refractivity contribution in [2.75, 3.05) is 0 Å². The third kappa shape index (κ3) is 1.26. The summed E-state index contributed by atoms with van der Waals surface area (Å²) in [7, 11) is 0. The van der Waals surface area contributed by atoms with Gasteiger partial charge in [-0.15, -0.1) is 0 Å². The van der Waals surface area contributed by atoms with Gasteiger partial charge in [-0.05, 0) is 51.0 Å². The van der Waals surface area contributed by atoms with Gasteiger partial charge in [0.2, 0.25) is 0 Å². The molecule has 0 amide bonds. The molecule has 15 heavy (non-hydrogen) atoms. The first-order valence-corrected chi connectivity index (χ1v) is 5.99. The molecule has 1 unspecified atom stereocenters. The smallest absolute Gasteiger partial charge is 0.0744 e. The number of aliphatic hydroxyl groups is 1. The molecule has 0 spiro atoms. The molecule has 0 bridgehead atoms. The van der Waals surface area contributed by atoms with Crippen LogP contribution in [0.15, 0.2) is 0 Å². The highest BCUT2D eigenvalue weighted by Crippen LogP contribution is 2.52. The Labute approximate surface area is 89.9 Å². The lowest BCUT2D eigenvalue weighted by molar-refractivity contribution is 0.148. The number of aromatic nitrogens is 2. The van der Waals surface area contributed by atoms with Crippen molar-refractivity contribution in [3.8, 4) is 0 Å². The molecule has 0 saturated heterocycles. The van der Waals surface area contributed by atoms with Gasteiger partial charge in [0.05, 0.1) is 11.8 Å². The van der Waals surface area contributed by atoms with Crippen molar-refractivity contribution < 1.29 is 5.11 Å². The molecule has 1 atom stereocenters. The van der Waals surface area contributed by atoms with E-state index in [-0.39, 0.29) is 11.5 Å². The van der Waals surface area contributed by atoms with E-state index in [0.717, 1.165) is 25.7 Å². The summed E-state index contributed by atoms with van der Waals surface area (Å²) in [6.07, 6.45) is 6.77. The van der Waals surface area contributed by atoms with Gasteiger partial charge >= 0.3 is 0 Å². The second kappa shape index (κ2) is 3.08. The minimum atomic E-state index is -0.258. The predicted octanol–water partition coefficient (Wildman–Crippen LogP) is 1.70. The van der Waals surface area contributed by atoms with Gasteiger partial charge in [0.15, 0.2) is 0 Å². The van der Waals surface area contributed by atoms with E-state index in [0.29, 0.717) is 0 Å². The molecule has 3 rings (SSSR count). The van der Waals surface area contributed by atoms with E-state index in [4.69, 9.17) is 0 Å². The molecule has 1 aromatic heterocycles. The predicted molar refractivity (Wildman–Crippen MR) is 57.8 cm³/mol. The van der Waals surface area contributed by atoms with E-state index < -0.39 is 0 Å². The number of hydrogen-bond acceptors (Lipinski definition) is 2. The SMILES string of the molecule is CC(O)C1(c2n[nH]c3c2CCCC3)CC1. The van der Waals surface area contributed by atoms with Crippen LogP contribution in [0.1, 0.15) is 49.6 Å². The Balaban J connectivity index is 2.02. The molecule has 1 aromatic rings. The van der Waals surface area contributed by atoms with Crippen LogP contribution in [0, 0.1) is 0 Å². The maximum Gasteiger partial charge on any atom is 0.0744 e. The normalized spacial score (nSPS) is 24.7. The highest BCUT2D eigenvalue weighted by Gasteiger charge is 2.51. The van der Waals surface area contributed by atoms with Gasteiger partial charge in [0, 0.05) is 11.1 Å². The Hall–Kier alpha value is -0.830. The molecule has 1 saturated carbocycles. The van der Waals surface area contributed by atoms with Crippen molar-refractivity contribution in [2.45, 2.75) is 57.0 Å². The lowest BCUT2D eigenvalue weighted by Gasteiger charge is -2.19. The van der Waals surface area contributed by atoms with Crippen molar-refractivity contribution in [1.82, 2.24) is 10.2 Å². The number of nitrogens with zero attached hydrogens (tertiary/aromatic N) is 1. The molecular formula is C12H18N2O. The average molecular weight is 206 g/mol. The topological polar surface area (TPSA) is 48.9 Å². The summed E-state index contributed by atoms with van der Waals surface area (Å²) in [5.74, 6) is 0. The van der Waals surface area contributed by atoms with Gasteiger partial charge in [-0.1, -0.05) is 0 Å². The molecule has 2 aliphatic rings. The summed E-state index contributed by atoms with van der Waals surface area (Å²) in [5, 5.41) is 17.5. The summed E-state index contributed by atoms with van der Waals surface area (Å²) in [5.41, 5.74) is 3.91. The minimum Gasteiger partial charge on any atom is -0.392 e. The van der Waals surface area contributed by atoms with Crippen LogP contribution in [0.4, 0.5) is 0 Å². The number of rotatable bonds is 2. The molecule has 1 heterocycles. The van der Waals surface area contributed by atoms with E-state index in [1.807, 2.05) is 6.92 Å². The number of aryl methyl sites for hydroxylation is 1. The van der Waals surface area contributed by atoms with Crippen molar-refractivity contribution >= 4 is 0 Å². The quantitative estimate of drug-likeness (QED) is 0.773. The zero-order valence-corrected chi connectivity index (χ0v) is 9.21. The summed E-state index contributed by atoms with van der Waals surface area (Å²) in [6.45, 7) is 1.90. The molecule has 0 radical (unpaired) electrons. The summed E-state index contributed by atoms with van der Waals surface area (Å²) in [6, 6.07) is 0. The number of fused-ring (bicyclic) bond motifs is 1. The molecule has 82 valence electrons. The highest BCUT2D eigenvalue weighted by atomic mass is 16.3. The van der Waals surface area contributed by atoms with Crippen molar-refractivity contribution in [3.63, 3.8) is 0 Å². The Kier molecular flexibility index (Phi) is 1.93. The molecule has 0 aliphatic heterocycles. The van der Waals surface area contributed by atoms with Gasteiger partial charge in [0.1, 0.15) is 0 Å². The summed E-state index contributed by atoms with van der Waals surface area (Å²) in [4.78, 5) is 0. The Morgan fingerprint density at radius 2 is 2.07 bits per heavy atom. The summed E-state index contributed by atoms with van der Waals surface area (Å²) >= 11 is 0. The van der Waals surface area contributed by atoms with Gasteiger partial charge in [-0.3, -0.25) is 5.10 Å². The van der Waals surface area contributed by atoms with Crippen molar-refractivity contribution in [1.29, 1.82) is 0 Å². The highest BCUT2D eigenvalue weighted by molar-refractivity contribution is 5.38. The first-order chi connectivity index (χ1) is 7.24. The van der Waals surface area contributed by atoms with Crippen LogP contribution in [-0.4, -0.2) is 21.4 Å². The fourth-order valence-electron chi connectivity index (χ4n) is 2.88. The molecule has 2 N–H and O–H groups in total. The largest absolute Gasteiger partial charge is 0.392 e. The van der Waals surface area contributed by atoms with Crippen LogP contribution in [0.5, 0.6) is 0 Å². The fraction of sp³-hybridized carbons (Fsp3) is 0.750. The van der Waals surface area contributed by atoms with Crippen LogP contribution in [-0.2, 0) is 18.3 Å². The molecule has 0 aromatic carbocycles. The third-order valence-corrected chi connectivity index (χ3v) is 4.12. The van der Waals surface area contributed by atoms with Crippen LogP contribution in [0.2, 0.25) is 0 Å². The molecule has 3 nitrogen and oxygen atoms in total. The maximum absolute atomic E-state index is 9.86. The second-order valence-corrected chi connectivity index (χ2v) is 5.07. The lowest BCUT2D eigenvalue weighted by Crippen LogP contribution is -2.24. The number of aliphatic hydroxyl groups excluding tert-OH is 1. The van der Waals surface area contributed by atoms with Gasteiger partial charge < -0.3 is 5.11 Å². The van der Waals surface area contributed by atoms with E-state index in [1.165, 1.54) is 29.8 Å². The summed E-state index contributed by atoms with van der Waals surface area (Å²) < 4.78 is 0. The van der Waals surface area contributed by atoms with E-state index >= 15 is 0 Å². The molecule has 3 heteroatoms. The van der Waals surface area contributed by atoms with E-state index in [9.17, 15) is 5.11 Å². The van der Waals surface area contributed by atoms with Crippen LogP contribution in [0.25, 0.3) is 0 Å².